The minimum atomic E-state index is -0.00636. The molecule has 0 unspecified atom stereocenters. The standard InChI is InChI=1S/C16H14N4O3/c1-21-12-5-4-9(6-13(12)22-2)14-10(7-17)15(19)20-16(23-3)11(14)8-18/h4-6H,1-3H3,(H2,19,20). The van der Waals surface area contributed by atoms with Gasteiger partial charge in [-0.15, -0.1) is 0 Å². The number of nitrogen functional groups attached to an aromatic ring is 1. The lowest BCUT2D eigenvalue weighted by atomic mass is 9.96. The molecule has 0 fully saturated rings. The topological polar surface area (TPSA) is 114 Å². The highest BCUT2D eigenvalue weighted by molar-refractivity contribution is 5.83. The van der Waals surface area contributed by atoms with Gasteiger partial charge >= 0.3 is 0 Å². The number of hydrogen-bond donors (Lipinski definition) is 1. The number of ether oxygens (including phenoxy) is 3. The van der Waals surface area contributed by atoms with Crippen LogP contribution in [0.25, 0.3) is 11.1 Å². The molecule has 1 heterocycles. The molecule has 2 N–H and O–H groups in total. The number of methoxy groups -OCH3 is 3. The summed E-state index contributed by atoms with van der Waals surface area (Å²) in [4.78, 5) is 3.95. The maximum Gasteiger partial charge on any atom is 0.234 e. The minimum Gasteiger partial charge on any atom is -0.493 e. The Morgan fingerprint density at radius 3 is 2.13 bits per heavy atom. The quantitative estimate of drug-likeness (QED) is 0.919. The first-order chi connectivity index (χ1) is 11.1. The van der Waals surface area contributed by atoms with E-state index >= 15 is 0 Å². The van der Waals surface area contributed by atoms with Crippen molar-refractivity contribution in [2.24, 2.45) is 0 Å². The van der Waals surface area contributed by atoms with Crippen LogP contribution in [0.5, 0.6) is 17.4 Å². The van der Waals surface area contributed by atoms with Gasteiger partial charge in [0.25, 0.3) is 0 Å². The summed E-state index contributed by atoms with van der Waals surface area (Å²) in [6.07, 6.45) is 0. The molecule has 1 aromatic carbocycles. The van der Waals surface area contributed by atoms with Gasteiger partial charge in [0.05, 0.1) is 21.3 Å². The van der Waals surface area contributed by atoms with Gasteiger partial charge in [0, 0.05) is 5.56 Å². The first-order valence-electron chi connectivity index (χ1n) is 6.51. The number of pyridine rings is 1. The van der Waals surface area contributed by atoms with Crippen LogP contribution in [0.3, 0.4) is 0 Å². The largest absolute Gasteiger partial charge is 0.493 e. The number of aromatic nitrogens is 1. The van der Waals surface area contributed by atoms with Gasteiger partial charge in [-0.25, -0.2) is 0 Å². The number of nitrogens with two attached hydrogens (primary N) is 1. The summed E-state index contributed by atoms with van der Waals surface area (Å²) in [5.41, 5.74) is 6.97. The fraction of sp³-hybridized carbons (Fsp3) is 0.188. The van der Waals surface area contributed by atoms with E-state index in [-0.39, 0.29) is 22.8 Å². The third-order valence-corrected chi connectivity index (χ3v) is 3.28. The van der Waals surface area contributed by atoms with Crippen molar-refractivity contribution >= 4 is 5.82 Å². The lowest BCUT2D eigenvalue weighted by Gasteiger charge is -2.14. The van der Waals surface area contributed by atoms with Crippen molar-refractivity contribution in [3.8, 4) is 40.6 Å². The number of hydrogen-bond acceptors (Lipinski definition) is 7. The zero-order valence-corrected chi connectivity index (χ0v) is 12.9. The molecule has 0 atom stereocenters. The van der Waals surface area contributed by atoms with Crippen molar-refractivity contribution in [2.75, 3.05) is 27.1 Å². The van der Waals surface area contributed by atoms with E-state index in [0.29, 0.717) is 22.6 Å². The van der Waals surface area contributed by atoms with Crippen LogP contribution >= 0.6 is 0 Å². The van der Waals surface area contributed by atoms with Crippen LogP contribution in [0.4, 0.5) is 5.82 Å². The van der Waals surface area contributed by atoms with Crippen LogP contribution in [0.15, 0.2) is 18.2 Å². The first kappa shape index (κ1) is 15.9. The maximum absolute atomic E-state index is 9.45. The molecule has 0 saturated heterocycles. The van der Waals surface area contributed by atoms with Gasteiger partial charge in [-0.05, 0) is 17.7 Å². The van der Waals surface area contributed by atoms with Crippen molar-refractivity contribution in [3.05, 3.63) is 29.3 Å². The highest BCUT2D eigenvalue weighted by atomic mass is 16.5. The van der Waals surface area contributed by atoms with Gasteiger partial charge < -0.3 is 19.9 Å². The Bertz CT molecular complexity index is 835. The summed E-state index contributed by atoms with van der Waals surface area (Å²) >= 11 is 0. The second kappa shape index (κ2) is 6.54. The molecule has 2 rings (SSSR count). The number of benzene rings is 1. The Labute approximate surface area is 133 Å². The zero-order valence-electron chi connectivity index (χ0n) is 12.9. The molecule has 0 saturated carbocycles. The molecule has 0 amide bonds. The number of rotatable bonds is 4. The van der Waals surface area contributed by atoms with Gasteiger partial charge in [-0.3, -0.25) is 0 Å². The van der Waals surface area contributed by atoms with Gasteiger partial charge in [-0.2, -0.15) is 15.5 Å². The molecular formula is C16H14N4O3. The van der Waals surface area contributed by atoms with Crippen LogP contribution < -0.4 is 19.9 Å². The molecule has 7 nitrogen and oxygen atoms in total. The summed E-state index contributed by atoms with van der Waals surface area (Å²) in [6.45, 7) is 0. The third-order valence-electron chi connectivity index (χ3n) is 3.28. The fourth-order valence-electron chi connectivity index (χ4n) is 2.23. The molecule has 23 heavy (non-hydrogen) atoms. The Morgan fingerprint density at radius 2 is 1.61 bits per heavy atom. The van der Waals surface area contributed by atoms with Gasteiger partial charge in [0.1, 0.15) is 29.1 Å². The summed E-state index contributed by atoms with van der Waals surface area (Å²) in [5, 5.41) is 18.8. The summed E-state index contributed by atoms with van der Waals surface area (Å²) < 4.78 is 15.6. The van der Waals surface area contributed by atoms with Crippen molar-refractivity contribution in [1.29, 1.82) is 10.5 Å². The van der Waals surface area contributed by atoms with E-state index in [0.717, 1.165) is 0 Å². The van der Waals surface area contributed by atoms with Crippen LogP contribution in [-0.2, 0) is 0 Å². The highest BCUT2D eigenvalue weighted by Gasteiger charge is 2.21. The Kier molecular flexibility index (Phi) is 4.53. The van der Waals surface area contributed by atoms with Crippen molar-refractivity contribution < 1.29 is 14.2 Å². The van der Waals surface area contributed by atoms with E-state index in [1.165, 1.54) is 21.3 Å². The molecular weight excluding hydrogens is 296 g/mol. The molecule has 0 radical (unpaired) electrons. The molecule has 7 heteroatoms. The molecule has 0 aliphatic heterocycles. The SMILES string of the molecule is COc1ccc(-c2c(C#N)c(N)nc(OC)c2C#N)cc1OC. The minimum absolute atomic E-state index is 0.00636. The Balaban J connectivity index is 2.84. The molecule has 0 aliphatic carbocycles. The number of nitrogens with zero attached hydrogens (tertiary/aromatic N) is 3. The number of nitriles is 2. The van der Waals surface area contributed by atoms with Gasteiger partial charge in [0.2, 0.25) is 5.88 Å². The van der Waals surface area contributed by atoms with Crippen molar-refractivity contribution in [3.63, 3.8) is 0 Å². The molecule has 1 aromatic heterocycles. The van der Waals surface area contributed by atoms with E-state index in [2.05, 4.69) is 4.98 Å². The Hall–Kier alpha value is -3.45. The Morgan fingerprint density at radius 1 is 0.957 bits per heavy atom. The monoisotopic (exact) mass is 310 g/mol. The smallest absolute Gasteiger partial charge is 0.234 e. The summed E-state index contributed by atoms with van der Waals surface area (Å²) in [6, 6.07) is 9.05. The van der Waals surface area contributed by atoms with Gasteiger partial charge in [0.15, 0.2) is 11.5 Å². The van der Waals surface area contributed by atoms with Gasteiger partial charge in [-0.1, -0.05) is 6.07 Å². The summed E-state index contributed by atoms with van der Waals surface area (Å²) in [7, 11) is 4.40. The summed E-state index contributed by atoms with van der Waals surface area (Å²) in [5.74, 6) is 1.05. The third kappa shape index (κ3) is 2.68. The average molecular weight is 310 g/mol. The van der Waals surface area contributed by atoms with E-state index in [1.54, 1.807) is 18.2 Å². The van der Waals surface area contributed by atoms with Crippen LogP contribution in [0.1, 0.15) is 11.1 Å². The predicted octanol–water partition coefficient (Wildman–Crippen LogP) is 2.10. The van der Waals surface area contributed by atoms with E-state index < -0.39 is 0 Å². The highest BCUT2D eigenvalue weighted by Crippen LogP contribution is 2.38. The van der Waals surface area contributed by atoms with Crippen molar-refractivity contribution in [2.45, 2.75) is 0 Å². The lowest BCUT2D eigenvalue weighted by molar-refractivity contribution is 0.355. The molecule has 0 bridgehead atoms. The van der Waals surface area contributed by atoms with E-state index in [1.807, 2.05) is 12.1 Å². The molecule has 0 aliphatic rings. The van der Waals surface area contributed by atoms with Crippen LogP contribution in [0, 0.1) is 22.7 Å². The molecule has 0 spiro atoms. The maximum atomic E-state index is 9.45. The first-order valence-corrected chi connectivity index (χ1v) is 6.51. The fourth-order valence-corrected chi connectivity index (χ4v) is 2.23. The lowest BCUT2D eigenvalue weighted by Crippen LogP contribution is -2.04. The van der Waals surface area contributed by atoms with Crippen LogP contribution in [0.2, 0.25) is 0 Å². The van der Waals surface area contributed by atoms with Crippen LogP contribution in [-0.4, -0.2) is 26.3 Å². The predicted molar refractivity (Wildman–Crippen MR) is 83.2 cm³/mol. The number of anilines is 1. The van der Waals surface area contributed by atoms with E-state index in [9.17, 15) is 10.5 Å². The normalized spacial score (nSPS) is 9.61. The molecule has 2 aromatic rings. The zero-order chi connectivity index (χ0) is 17.0. The van der Waals surface area contributed by atoms with Crippen molar-refractivity contribution in [1.82, 2.24) is 4.98 Å². The molecule has 116 valence electrons. The second-order valence-corrected chi connectivity index (χ2v) is 4.42. The van der Waals surface area contributed by atoms with E-state index in [4.69, 9.17) is 19.9 Å². The average Bonchev–Trinajstić information content (AvgIpc) is 2.59. The second-order valence-electron chi connectivity index (χ2n) is 4.42.